The van der Waals surface area contributed by atoms with Gasteiger partial charge in [0.2, 0.25) is 0 Å². The first-order chi connectivity index (χ1) is 18.7. The molecule has 0 unspecified atom stereocenters. The number of hydrogen-bond donors (Lipinski definition) is 0. The van der Waals surface area contributed by atoms with Gasteiger partial charge in [0.05, 0.1) is 11.2 Å². The van der Waals surface area contributed by atoms with Crippen molar-refractivity contribution in [3.05, 3.63) is 145 Å². The Hall–Kier alpha value is -4.82. The van der Waals surface area contributed by atoms with Gasteiger partial charge in [-0.2, -0.15) is 0 Å². The van der Waals surface area contributed by atoms with Gasteiger partial charge in [-0.3, -0.25) is 0 Å². The zero-order valence-electron chi connectivity index (χ0n) is 21.5. The van der Waals surface area contributed by atoms with Crippen molar-refractivity contribution in [2.24, 2.45) is 0 Å². The van der Waals surface area contributed by atoms with Crippen LogP contribution in [-0.2, 0) is 6.42 Å². The lowest BCUT2D eigenvalue weighted by Gasteiger charge is -2.09. The van der Waals surface area contributed by atoms with E-state index < -0.39 is 0 Å². The van der Waals surface area contributed by atoms with Crippen molar-refractivity contribution in [1.29, 1.82) is 0 Å². The molecule has 184 valence electrons. The van der Waals surface area contributed by atoms with Gasteiger partial charge in [-0.1, -0.05) is 86.0 Å². The van der Waals surface area contributed by atoms with E-state index in [0.29, 0.717) is 0 Å². The maximum Gasteiger partial charge on any atom is 0.135 e. The molecule has 2 aromatic heterocycles. The van der Waals surface area contributed by atoms with Crippen molar-refractivity contribution in [1.82, 2.24) is 4.57 Å². The Bertz CT molecular complexity index is 1880. The van der Waals surface area contributed by atoms with Gasteiger partial charge in [0, 0.05) is 27.4 Å². The van der Waals surface area contributed by atoms with Crippen LogP contribution in [0.5, 0.6) is 0 Å². The van der Waals surface area contributed by atoms with E-state index in [1.165, 1.54) is 22.1 Å². The maximum absolute atomic E-state index is 6.01. The second-order valence-corrected chi connectivity index (χ2v) is 9.39. The Morgan fingerprint density at radius 1 is 0.789 bits per heavy atom. The summed E-state index contributed by atoms with van der Waals surface area (Å²) in [7, 11) is 0. The summed E-state index contributed by atoms with van der Waals surface area (Å²) in [6.07, 6.45) is 11.3. The van der Waals surface area contributed by atoms with E-state index in [1.54, 1.807) is 0 Å². The highest BCUT2D eigenvalue weighted by atomic mass is 16.3. The highest BCUT2D eigenvalue weighted by molar-refractivity contribution is 6.06. The number of rotatable bonds is 7. The standard InChI is InChI=1S/C36H29NO/c1-4-26(27-20-22-36-32(24-27)30-17-10-11-18-35(30)38-36)14-12-13-25-19-21-34-31(23-25)29(5-2)33(6-3)37(34)28-15-8-7-9-16-28/h4-12,14-24H,2-3,13H2,1H3. The maximum atomic E-state index is 6.01. The van der Waals surface area contributed by atoms with Crippen molar-refractivity contribution in [3.63, 3.8) is 0 Å². The average Bonchev–Trinajstić information content (AvgIpc) is 3.50. The predicted molar refractivity (Wildman–Crippen MR) is 164 cm³/mol. The van der Waals surface area contributed by atoms with E-state index in [1.807, 2.05) is 30.4 Å². The van der Waals surface area contributed by atoms with E-state index >= 15 is 0 Å². The lowest BCUT2D eigenvalue weighted by atomic mass is 10.0. The number of fused-ring (bicyclic) bond motifs is 4. The van der Waals surface area contributed by atoms with Crippen molar-refractivity contribution < 1.29 is 4.42 Å². The molecule has 0 spiro atoms. The van der Waals surface area contributed by atoms with Crippen LogP contribution in [0, 0.1) is 0 Å². The van der Waals surface area contributed by atoms with Crippen molar-refractivity contribution in [3.8, 4) is 5.69 Å². The number of para-hydroxylation sites is 2. The summed E-state index contributed by atoms with van der Waals surface area (Å²) >= 11 is 0. The molecule has 0 aliphatic heterocycles. The highest BCUT2D eigenvalue weighted by Gasteiger charge is 2.15. The van der Waals surface area contributed by atoms with Gasteiger partial charge < -0.3 is 8.98 Å². The van der Waals surface area contributed by atoms with Crippen LogP contribution in [0.15, 0.2) is 127 Å². The number of benzene rings is 4. The van der Waals surface area contributed by atoms with Gasteiger partial charge in [-0.15, -0.1) is 0 Å². The molecule has 4 aromatic carbocycles. The molecule has 6 rings (SSSR count). The molecule has 0 aliphatic carbocycles. The molecule has 2 heterocycles. The molecule has 0 saturated carbocycles. The molecule has 0 amide bonds. The minimum Gasteiger partial charge on any atom is -0.456 e. The van der Waals surface area contributed by atoms with E-state index in [0.717, 1.165) is 50.8 Å². The molecular formula is C36H29NO. The lowest BCUT2D eigenvalue weighted by Crippen LogP contribution is -1.96. The van der Waals surface area contributed by atoms with Crippen LogP contribution in [0.4, 0.5) is 0 Å². The first kappa shape index (κ1) is 23.6. The largest absolute Gasteiger partial charge is 0.456 e. The molecule has 0 saturated heterocycles. The summed E-state index contributed by atoms with van der Waals surface area (Å²) in [4.78, 5) is 0. The third-order valence-corrected chi connectivity index (χ3v) is 7.19. The minimum absolute atomic E-state index is 0.834. The SMILES string of the molecule is C=Cc1c(C=C)n(-c2ccccc2)c2ccc(CC=CC(=CC)c3ccc4oc5ccccc5c4c3)cc12. The zero-order chi connectivity index (χ0) is 26.1. The van der Waals surface area contributed by atoms with E-state index in [9.17, 15) is 0 Å². The molecule has 0 radical (unpaired) electrons. The van der Waals surface area contributed by atoms with Crippen LogP contribution in [-0.4, -0.2) is 4.57 Å². The molecule has 0 fully saturated rings. The van der Waals surface area contributed by atoms with Crippen LogP contribution in [0.2, 0.25) is 0 Å². The van der Waals surface area contributed by atoms with Crippen molar-refractivity contribution >= 4 is 50.6 Å². The van der Waals surface area contributed by atoms with Crippen molar-refractivity contribution in [2.75, 3.05) is 0 Å². The van der Waals surface area contributed by atoms with Crippen LogP contribution in [0.3, 0.4) is 0 Å². The van der Waals surface area contributed by atoms with Gasteiger partial charge in [0.15, 0.2) is 0 Å². The summed E-state index contributed by atoms with van der Waals surface area (Å²) in [5.74, 6) is 0. The van der Waals surface area contributed by atoms with Crippen LogP contribution in [0.1, 0.15) is 29.3 Å². The van der Waals surface area contributed by atoms with Gasteiger partial charge >= 0.3 is 0 Å². The Morgan fingerprint density at radius 3 is 2.37 bits per heavy atom. The molecule has 38 heavy (non-hydrogen) atoms. The van der Waals surface area contributed by atoms with Crippen LogP contribution in [0.25, 0.3) is 56.3 Å². The third kappa shape index (κ3) is 4.01. The Labute approximate surface area is 223 Å². The predicted octanol–water partition coefficient (Wildman–Crippen LogP) is 10.0. The number of nitrogens with zero attached hydrogens (tertiary/aromatic N) is 1. The lowest BCUT2D eigenvalue weighted by molar-refractivity contribution is 0.669. The average molecular weight is 492 g/mol. The minimum atomic E-state index is 0.834. The first-order valence-electron chi connectivity index (χ1n) is 12.9. The fourth-order valence-electron chi connectivity index (χ4n) is 5.37. The quantitative estimate of drug-likeness (QED) is 0.203. The molecule has 0 atom stereocenters. The molecule has 2 heteroatoms. The fourth-order valence-corrected chi connectivity index (χ4v) is 5.37. The Kier molecular flexibility index (Phi) is 6.15. The molecule has 0 N–H and O–H groups in total. The number of aromatic nitrogens is 1. The number of hydrogen-bond acceptors (Lipinski definition) is 1. The Balaban J connectivity index is 1.32. The number of allylic oxidation sites excluding steroid dienone is 4. The van der Waals surface area contributed by atoms with E-state index in [2.05, 4.69) is 116 Å². The van der Waals surface area contributed by atoms with Crippen LogP contribution < -0.4 is 0 Å². The molecule has 0 bridgehead atoms. The van der Waals surface area contributed by atoms with Crippen LogP contribution >= 0.6 is 0 Å². The second kappa shape index (κ2) is 9.91. The second-order valence-electron chi connectivity index (χ2n) is 9.39. The summed E-state index contributed by atoms with van der Waals surface area (Å²) in [5, 5.41) is 3.49. The topological polar surface area (TPSA) is 18.1 Å². The van der Waals surface area contributed by atoms with Gasteiger partial charge in [0.1, 0.15) is 11.2 Å². The third-order valence-electron chi connectivity index (χ3n) is 7.19. The normalized spacial score (nSPS) is 12.2. The van der Waals surface area contributed by atoms with Crippen molar-refractivity contribution in [2.45, 2.75) is 13.3 Å². The van der Waals surface area contributed by atoms with Gasteiger partial charge in [0.25, 0.3) is 0 Å². The summed E-state index contributed by atoms with van der Waals surface area (Å²) < 4.78 is 8.26. The summed E-state index contributed by atoms with van der Waals surface area (Å²) in [6.45, 7) is 10.3. The number of furan rings is 1. The molecular weight excluding hydrogens is 462 g/mol. The Morgan fingerprint density at radius 2 is 1.58 bits per heavy atom. The molecule has 2 nitrogen and oxygen atoms in total. The monoisotopic (exact) mass is 491 g/mol. The molecule has 0 aliphatic rings. The smallest absolute Gasteiger partial charge is 0.135 e. The van der Waals surface area contributed by atoms with Gasteiger partial charge in [-0.25, -0.2) is 0 Å². The molecule has 6 aromatic rings. The van der Waals surface area contributed by atoms with E-state index in [4.69, 9.17) is 4.42 Å². The fraction of sp³-hybridized carbons (Fsp3) is 0.0556. The van der Waals surface area contributed by atoms with E-state index in [-0.39, 0.29) is 0 Å². The summed E-state index contributed by atoms with van der Waals surface area (Å²) in [5.41, 5.74) is 9.92. The highest BCUT2D eigenvalue weighted by Crippen LogP contribution is 2.33. The van der Waals surface area contributed by atoms with Gasteiger partial charge in [-0.05, 0) is 78.6 Å². The first-order valence-corrected chi connectivity index (χ1v) is 12.9. The summed E-state index contributed by atoms with van der Waals surface area (Å²) in [6, 6.07) is 31.7. The zero-order valence-corrected chi connectivity index (χ0v) is 21.5.